The van der Waals surface area contributed by atoms with Crippen molar-refractivity contribution in [2.24, 2.45) is 0 Å². The summed E-state index contributed by atoms with van der Waals surface area (Å²) in [5.41, 5.74) is 2.74. The molecule has 3 aromatic rings. The Bertz CT molecular complexity index is 1010. The van der Waals surface area contributed by atoms with Gasteiger partial charge in [0.2, 0.25) is 0 Å². The number of aliphatic hydroxyl groups is 1. The van der Waals surface area contributed by atoms with E-state index in [2.05, 4.69) is 15.3 Å². The molecule has 0 spiro atoms. The number of benzene rings is 2. The third kappa shape index (κ3) is 7.34. The lowest BCUT2D eigenvalue weighted by Crippen LogP contribution is -2.21. The SMILES string of the molecule is Cc1ccc(-c2cc(NC[C@H](O)c3ccccc3)ncn2)cc1F.O=C(O)C(F)(F)F. The Balaban J connectivity index is 0.000000423. The van der Waals surface area contributed by atoms with Crippen molar-refractivity contribution in [3.05, 3.63) is 77.9 Å². The molecule has 0 saturated heterocycles. The summed E-state index contributed by atoms with van der Waals surface area (Å²) in [4.78, 5) is 17.2. The molecule has 2 aromatic carbocycles. The molecule has 0 fully saturated rings. The number of hydrogen-bond acceptors (Lipinski definition) is 5. The number of nitrogens with one attached hydrogen (secondary N) is 1. The van der Waals surface area contributed by atoms with Crippen LogP contribution in [0.4, 0.5) is 23.4 Å². The Kier molecular flexibility index (Phi) is 8.03. The number of aromatic nitrogens is 2. The van der Waals surface area contributed by atoms with Crippen LogP contribution in [0.2, 0.25) is 0 Å². The van der Waals surface area contributed by atoms with Gasteiger partial charge in [0.05, 0.1) is 11.8 Å². The van der Waals surface area contributed by atoms with Crippen LogP contribution < -0.4 is 5.32 Å². The number of anilines is 1. The predicted molar refractivity (Wildman–Crippen MR) is 106 cm³/mol. The monoisotopic (exact) mass is 437 g/mol. The van der Waals surface area contributed by atoms with Gasteiger partial charge in [0, 0.05) is 18.2 Å². The van der Waals surface area contributed by atoms with E-state index in [1.807, 2.05) is 36.4 Å². The average Bonchev–Trinajstić information content (AvgIpc) is 2.74. The largest absolute Gasteiger partial charge is 0.490 e. The minimum Gasteiger partial charge on any atom is -0.475 e. The van der Waals surface area contributed by atoms with Gasteiger partial charge in [-0.2, -0.15) is 13.2 Å². The fourth-order valence-corrected chi connectivity index (χ4v) is 2.36. The zero-order valence-electron chi connectivity index (χ0n) is 16.3. The summed E-state index contributed by atoms with van der Waals surface area (Å²) in [6.45, 7) is 2.04. The number of nitrogens with zero attached hydrogens (tertiary/aromatic N) is 2. The molecule has 0 bridgehead atoms. The molecule has 31 heavy (non-hydrogen) atoms. The third-order valence-corrected chi connectivity index (χ3v) is 4.04. The lowest BCUT2D eigenvalue weighted by atomic mass is 10.1. The first-order valence-corrected chi connectivity index (χ1v) is 8.93. The van der Waals surface area contributed by atoms with Gasteiger partial charge >= 0.3 is 12.1 Å². The molecule has 0 amide bonds. The van der Waals surface area contributed by atoms with E-state index in [1.54, 1.807) is 19.1 Å². The van der Waals surface area contributed by atoms with Crippen LogP contribution in [0.1, 0.15) is 17.2 Å². The van der Waals surface area contributed by atoms with Crippen molar-refractivity contribution in [3.63, 3.8) is 0 Å². The molecule has 3 N–H and O–H groups in total. The van der Waals surface area contributed by atoms with Crippen molar-refractivity contribution in [3.8, 4) is 11.3 Å². The summed E-state index contributed by atoms with van der Waals surface area (Å²) in [7, 11) is 0. The molecule has 1 aromatic heterocycles. The summed E-state index contributed by atoms with van der Waals surface area (Å²) < 4.78 is 45.5. The lowest BCUT2D eigenvalue weighted by Gasteiger charge is -2.13. The number of carboxylic acids is 1. The summed E-state index contributed by atoms with van der Waals surface area (Å²) in [5, 5.41) is 20.4. The number of halogens is 4. The lowest BCUT2D eigenvalue weighted by molar-refractivity contribution is -0.192. The zero-order valence-corrected chi connectivity index (χ0v) is 16.3. The first-order chi connectivity index (χ1) is 14.6. The van der Waals surface area contributed by atoms with Gasteiger partial charge in [0.1, 0.15) is 18.0 Å². The van der Waals surface area contributed by atoms with Crippen molar-refractivity contribution in [1.29, 1.82) is 0 Å². The van der Waals surface area contributed by atoms with Crippen LogP contribution in [0.15, 0.2) is 60.9 Å². The molecule has 1 heterocycles. The minimum atomic E-state index is -5.08. The van der Waals surface area contributed by atoms with Gasteiger partial charge in [-0.3, -0.25) is 0 Å². The molecule has 0 radical (unpaired) electrons. The fraction of sp³-hybridized carbons (Fsp3) is 0.190. The third-order valence-electron chi connectivity index (χ3n) is 4.04. The molecule has 0 unspecified atom stereocenters. The minimum absolute atomic E-state index is 0.264. The van der Waals surface area contributed by atoms with Gasteiger partial charge in [-0.1, -0.05) is 42.5 Å². The number of hydrogen-bond donors (Lipinski definition) is 3. The van der Waals surface area contributed by atoms with Gasteiger partial charge in [-0.05, 0) is 24.1 Å². The number of aliphatic carboxylic acids is 1. The van der Waals surface area contributed by atoms with E-state index < -0.39 is 18.2 Å². The summed E-state index contributed by atoms with van der Waals surface area (Å²) in [6.07, 6.45) is -4.30. The summed E-state index contributed by atoms with van der Waals surface area (Å²) in [5.74, 6) is -2.44. The maximum absolute atomic E-state index is 13.7. The van der Waals surface area contributed by atoms with E-state index >= 15 is 0 Å². The highest BCUT2D eigenvalue weighted by atomic mass is 19.4. The molecule has 0 saturated carbocycles. The second kappa shape index (κ2) is 10.5. The Morgan fingerprint density at radius 3 is 2.32 bits per heavy atom. The van der Waals surface area contributed by atoms with Crippen molar-refractivity contribution >= 4 is 11.8 Å². The zero-order chi connectivity index (χ0) is 23.0. The average molecular weight is 437 g/mol. The van der Waals surface area contributed by atoms with Crippen molar-refractivity contribution in [2.75, 3.05) is 11.9 Å². The Morgan fingerprint density at radius 2 is 1.74 bits per heavy atom. The quantitative estimate of drug-likeness (QED) is 0.513. The maximum Gasteiger partial charge on any atom is 0.490 e. The molecule has 0 aliphatic heterocycles. The second-order valence-corrected chi connectivity index (χ2v) is 6.36. The first kappa shape index (κ1) is 23.7. The number of aliphatic hydroxyl groups excluding tert-OH is 1. The van der Waals surface area contributed by atoms with Crippen LogP contribution >= 0.6 is 0 Å². The van der Waals surface area contributed by atoms with E-state index in [0.29, 0.717) is 29.2 Å². The van der Waals surface area contributed by atoms with Crippen LogP contribution in [-0.2, 0) is 4.79 Å². The van der Waals surface area contributed by atoms with E-state index in [4.69, 9.17) is 9.90 Å². The van der Waals surface area contributed by atoms with Crippen LogP contribution in [0.25, 0.3) is 11.3 Å². The van der Waals surface area contributed by atoms with Crippen molar-refractivity contribution in [2.45, 2.75) is 19.2 Å². The second-order valence-electron chi connectivity index (χ2n) is 6.36. The fourth-order valence-electron chi connectivity index (χ4n) is 2.36. The van der Waals surface area contributed by atoms with Crippen LogP contribution in [0.3, 0.4) is 0 Å². The molecule has 6 nitrogen and oxygen atoms in total. The van der Waals surface area contributed by atoms with Gasteiger partial charge in [-0.25, -0.2) is 19.2 Å². The van der Waals surface area contributed by atoms with Crippen LogP contribution in [0.5, 0.6) is 0 Å². The van der Waals surface area contributed by atoms with E-state index in [9.17, 15) is 22.7 Å². The topological polar surface area (TPSA) is 95.3 Å². The molecular formula is C21H19F4N3O3. The van der Waals surface area contributed by atoms with Gasteiger partial charge < -0.3 is 15.5 Å². The maximum atomic E-state index is 13.7. The van der Waals surface area contributed by atoms with E-state index in [1.165, 1.54) is 12.4 Å². The van der Waals surface area contributed by atoms with Crippen LogP contribution in [-0.4, -0.2) is 38.9 Å². The Labute approximate surface area is 175 Å². The van der Waals surface area contributed by atoms with Gasteiger partial charge in [0.15, 0.2) is 0 Å². The highest BCUT2D eigenvalue weighted by Crippen LogP contribution is 2.22. The first-order valence-electron chi connectivity index (χ1n) is 8.93. The van der Waals surface area contributed by atoms with Crippen molar-refractivity contribution < 1.29 is 32.6 Å². The smallest absolute Gasteiger partial charge is 0.475 e. The predicted octanol–water partition coefficient (Wildman–Crippen LogP) is 4.37. The van der Waals surface area contributed by atoms with Crippen molar-refractivity contribution in [1.82, 2.24) is 9.97 Å². The van der Waals surface area contributed by atoms with Gasteiger partial charge in [0.25, 0.3) is 0 Å². The summed E-state index contributed by atoms with van der Waals surface area (Å²) in [6, 6.07) is 16.1. The number of alkyl halides is 3. The molecule has 3 rings (SSSR count). The van der Waals surface area contributed by atoms with E-state index in [-0.39, 0.29) is 5.82 Å². The Morgan fingerprint density at radius 1 is 1.10 bits per heavy atom. The molecule has 0 aliphatic carbocycles. The number of carboxylic acid groups (broad SMARTS) is 1. The van der Waals surface area contributed by atoms with E-state index in [0.717, 1.165) is 5.56 Å². The molecular weight excluding hydrogens is 418 g/mol. The molecule has 1 atom stereocenters. The Hall–Kier alpha value is -3.53. The summed E-state index contributed by atoms with van der Waals surface area (Å²) >= 11 is 0. The number of aryl methyl sites for hydroxylation is 1. The number of carbonyl (C=O) groups is 1. The standard InChI is InChI=1S/C19H18FN3O.C2HF3O2/c1-13-7-8-15(9-16(13)20)17-10-19(23-12-22-17)21-11-18(24)14-5-3-2-4-6-14;3-2(4,5)1(6)7/h2-10,12,18,24H,11H2,1H3,(H,21,22,23);(H,6,7)/t18-;/m0./s1. The highest BCUT2D eigenvalue weighted by Gasteiger charge is 2.38. The molecule has 10 heteroatoms. The van der Waals surface area contributed by atoms with Crippen LogP contribution in [0, 0.1) is 12.7 Å². The van der Waals surface area contributed by atoms with Gasteiger partial charge in [-0.15, -0.1) is 0 Å². The number of rotatable bonds is 5. The molecule has 164 valence electrons. The molecule has 0 aliphatic rings. The highest BCUT2D eigenvalue weighted by molar-refractivity contribution is 5.73. The normalized spacial score (nSPS) is 11.8.